The van der Waals surface area contributed by atoms with Gasteiger partial charge >= 0.3 is 0 Å². The highest BCUT2D eigenvalue weighted by atomic mass is 32.2. The predicted molar refractivity (Wildman–Crippen MR) is 263 cm³/mol. The third-order valence-corrected chi connectivity index (χ3v) is 14.8. The fourth-order valence-corrected chi connectivity index (χ4v) is 12.2. The van der Waals surface area contributed by atoms with Crippen molar-refractivity contribution in [2.45, 2.75) is 15.2 Å². The number of nitrogens with zero attached hydrogens (tertiary/aromatic N) is 4. The van der Waals surface area contributed by atoms with Gasteiger partial charge < -0.3 is 9.13 Å². The molecular formula is C59H36N4S. The quantitative estimate of drug-likeness (QED) is 0.177. The van der Waals surface area contributed by atoms with Crippen LogP contribution < -0.4 is 0 Å². The van der Waals surface area contributed by atoms with Crippen molar-refractivity contribution in [3.63, 3.8) is 0 Å². The molecule has 0 saturated carbocycles. The topological polar surface area (TPSA) is 35.6 Å². The molecule has 298 valence electrons. The van der Waals surface area contributed by atoms with Crippen LogP contribution >= 0.6 is 11.8 Å². The Hall–Kier alpha value is -7.99. The molecular weight excluding hydrogens is 797 g/mol. The SMILES string of the molecule is c1ccc(-n2c3ccccc3c3cc(-c4ccc5c(c4)Sc4ccc(-c6ccc7c(c6)c6ccccc6n7-c6ccccc6)cc4C54c5cccnc5-c5ncccc54)ccc32)cc1. The number of pyridine rings is 2. The van der Waals surface area contributed by atoms with Crippen molar-refractivity contribution in [3.05, 3.63) is 241 Å². The second kappa shape index (κ2) is 13.5. The predicted octanol–water partition coefficient (Wildman–Crippen LogP) is 14.8. The van der Waals surface area contributed by atoms with E-state index >= 15 is 0 Å². The lowest BCUT2D eigenvalue weighted by Gasteiger charge is -2.39. The summed E-state index contributed by atoms with van der Waals surface area (Å²) in [6.45, 7) is 0. The third-order valence-electron chi connectivity index (χ3n) is 13.7. The largest absolute Gasteiger partial charge is 0.309 e. The number of fused-ring (bicyclic) bond motifs is 15. The van der Waals surface area contributed by atoms with Gasteiger partial charge in [-0.15, -0.1) is 0 Å². The number of hydrogen-bond donors (Lipinski definition) is 0. The molecule has 0 radical (unpaired) electrons. The van der Waals surface area contributed by atoms with Crippen molar-refractivity contribution in [1.29, 1.82) is 0 Å². The fraction of sp³-hybridized carbons (Fsp3) is 0.0169. The molecule has 5 heteroatoms. The molecule has 1 aliphatic heterocycles. The van der Waals surface area contributed by atoms with E-state index in [0.29, 0.717) is 0 Å². The average Bonchev–Trinajstić information content (AvgIpc) is 3.98. The lowest BCUT2D eigenvalue weighted by molar-refractivity contribution is 0.720. The number of benzene rings is 8. The van der Waals surface area contributed by atoms with Gasteiger partial charge in [0, 0.05) is 55.1 Å². The fourth-order valence-electron chi connectivity index (χ4n) is 11.0. The van der Waals surface area contributed by atoms with E-state index in [4.69, 9.17) is 9.97 Å². The molecule has 0 unspecified atom stereocenters. The number of rotatable bonds is 4. The van der Waals surface area contributed by atoms with Crippen molar-refractivity contribution in [1.82, 2.24) is 19.1 Å². The molecule has 0 amide bonds. The first kappa shape index (κ1) is 35.6. The van der Waals surface area contributed by atoms with Gasteiger partial charge in [-0.1, -0.05) is 127 Å². The van der Waals surface area contributed by atoms with Gasteiger partial charge in [-0.2, -0.15) is 0 Å². The summed E-state index contributed by atoms with van der Waals surface area (Å²) in [4.78, 5) is 12.6. The van der Waals surface area contributed by atoms with E-state index in [0.717, 1.165) is 22.8 Å². The van der Waals surface area contributed by atoms with Crippen LogP contribution in [0.25, 0.3) is 88.6 Å². The first-order chi connectivity index (χ1) is 31.7. The summed E-state index contributed by atoms with van der Waals surface area (Å²) in [5.74, 6) is 0. The van der Waals surface area contributed by atoms with E-state index in [1.54, 1.807) is 0 Å². The van der Waals surface area contributed by atoms with Crippen LogP contribution in [0.4, 0.5) is 0 Å². The molecule has 2 aliphatic rings. The summed E-state index contributed by atoms with van der Waals surface area (Å²) in [6, 6.07) is 75.7. The molecule has 0 N–H and O–H groups in total. The van der Waals surface area contributed by atoms with Crippen LogP contribution in [0.5, 0.6) is 0 Å². The van der Waals surface area contributed by atoms with Gasteiger partial charge in [0.2, 0.25) is 0 Å². The average molecular weight is 833 g/mol. The zero-order chi connectivity index (χ0) is 41.9. The monoisotopic (exact) mass is 832 g/mol. The summed E-state index contributed by atoms with van der Waals surface area (Å²) in [5, 5.41) is 4.98. The van der Waals surface area contributed by atoms with Gasteiger partial charge in [-0.25, -0.2) is 0 Å². The van der Waals surface area contributed by atoms with Gasteiger partial charge in [-0.3, -0.25) is 9.97 Å². The van der Waals surface area contributed by atoms with Crippen molar-refractivity contribution < 1.29 is 0 Å². The summed E-state index contributed by atoms with van der Waals surface area (Å²) >= 11 is 1.87. The van der Waals surface area contributed by atoms with Crippen LogP contribution in [0.2, 0.25) is 0 Å². The van der Waals surface area contributed by atoms with E-state index in [1.165, 1.54) is 97.9 Å². The Bertz CT molecular complexity index is 3840. The maximum absolute atomic E-state index is 5.04. The number of aromatic nitrogens is 4. The molecule has 8 aromatic carbocycles. The molecule has 4 nitrogen and oxygen atoms in total. The second-order valence-electron chi connectivity index (χ2n) is 16.9. The van der Waals surface area contributed by atoms with Crippen molar-refractivity contribution in [2.75, 3.05) is 0 Å². The zero-order valence-corrected chi connectivity index (χ0v) is 35.3. The molecule has 0 bridgehead atoms. The van der Waals surface area contributed by atoms with Crippen molar-refractivity contribution in [2.24, 2.45) is 0 Å². The Morgan fingerprint density at radius 2 is 0.797 bits per heavy atom. The molecule has 5 heterocycles. The lowest BCUT2D eigenvalue weighted by atomic mass is 9.67. The van der Waals surface area contributed by atoms with Crippen molar-refractivity contribution in [3.8, 4) is 45.0 Å². The highest BCUT2D eigenvalue weighted by Gasteiger charge is 2.51. The number of para-hydroxylation sites is 4. The highest BCUT2D eigenvalue weighted by molar-refractivity contribution is 7.99. The molecule has 4 aromatic heterocycles. The van der Waals surface area contributed by atoms with Gasteiger partial charge in [-0.05, 0) is 136 Å². The van der Waals surface area contributed by atoms with E-state index in [9.17, 15) is 0 Å². The molecule has 0 atom stereocenters. The molecule has 64 heavy (non-hydrogen) atoms. The molecule has 0 fully saturated rings. The van der Waals surface area contributed by atoms with E-state index in [-0.39, 0.29) is 0 Å². The minimum absolute atomic E-state index is 0.613. The summed E-state index contributed by atoms with van der Waals surface area (Å²) in [7, 11) is 0. The smallest absolute Gasteiger partial charge is 0.0937 e. The second-order valence-corrected chi connectivity index (χ2v) is 18.0. The lowest BCUT2D eigenvalue weighted by Crippen LogP contribution is -2.32. The Labute approximate surface area is 373 Å². The molecule has 1 aliphatic carbocycles. The minimum atomic E-state index is -0.613. The van der Waals surface area contributed by atoms with E-state index in [1.807, 2.05) is 24.2 Å². The summed E-state index contributed by atoms with van der Waals surface area (Å²) in [6.07, 6.45) is 3.81. The van der Waals surface area contributed by atoms with Gasteiger partial charge in [0.15, 0.2) is 0 Å². The Balaban J connectivity index is 0.957. The normalized spacial score (nSPS) is 13.4. The van der Waals surface area contributed by atoms with Crippen molar-refractivity contribution >= 4 is 55.4 Å². The Kier molecular flexibility index (Phi) is 7.51. The zero-order valence-electron chi connectivity index (χ0n) is 34.5. The summed E-state index contributed by atoms with van der Waals surface area (Å²) < 4.78 is 4.76. The van der Waals surface area contributed by atoms with Crippen LogP contribution in [0.1, 0.15) is 22.3 Å². The van der Waals surface area contributed by atoms with Gasteiger partial charge in [0.1, 0.15) is 0 Å². The molecule has 12 aromatic rings. The van der Waals surface area contributed by atoms with Crippen LogP contribution in [0.3, 0.4) is 0 Å². The Morgan fingerprint density at radius 1 is 0.328 bits per heavy atom. The summed E-state index contributed by atoms with van der Waals surface area (Å²) in [5.41, 5.74) is 18.1. The van der Waals surface area contributed by atoms with Crippen LogP contribution in [-0.2, 0) is 5.41 Å². The maximum Gasteiger partial charge on any atom is 0.0937 e. The number of hydrogen-bond acceptors (Lipinski definition) is 3. The van der Waals surface area contributed by atoms with Crippen LogP contribution in [0, 0.1) is 0 Å². The molecule has 14 rings (SSSR count). The third kappa shape index (κ3) is 4.90. The molecule has 0 saturated heterocycles. The first-order valence-corrected chi connectivity index (χ1v) is 22.6. The standard InChI is InChI=1S/C59H36N4S/c1-3-13-41(14-4-1)62-51-21-9-7-17-43(51)45-33-37(24-28-53(45)62)39-26-30-55-50(35-39)59(48-19-11-31-60-57(48)58-49(59)20-12-32-61-58)47-27-23-40(36-56(47)64-55)38-25-29-54-46(34-38)44-18-8-10-22-52(44)63(54)42-15-5-2-6-16-42/h1-36H. The van der Waals surface area contributed by atoms with E-state index in [2.05, 4.69) is 215 Å². The van der Waals surface area contributed by atoms with Gasteiger partial charge in [0.05, 0.1) is 38.9 Å². The first-order valence-electron chi connectivity index (χ1n) is 21.8. The van der Waals surface area contributed by atoms with E-state index < -0.39 is 5.41 Å². The highest BCUT2D eigenvalue weighted by Crippen LogP contribution is 2.62. The minimum Gasteiger partial charge on any atom is -0.309 e. The van der Waals surface area contributed by atoms with Crippen LogP contribution in [-0.4, -0.2) is 19.1 Å². The van der Waals surface area contributed by atoms with Crippen LogP contribution in [0.15, 0.2) is 228 Å². The van der Waals surface area contributed by atoms with Gasteiger partial charge in [0.25, 0.3) is 0 Å². The Morgan fingerprint density at radius 3 is 1.38 bits per heavy atom. The maximum atomic E-state index is 5.04. The molecule has 1 spiro atoms.